The Morgan fingerprint density at radius 2 is 1.62 bits per heavy atom. The molecular formula is C29H27ClF2N2O5. The van der Waals surface area contributed by atoms with E-state index in [1.165, 1.54) is 19.1 Å². The second-order valence-electron chi connectivity index (χ2n) is 9.65. The van der Waals surface area contributed by atoms with Crippen LogP contribution in [0.3, 0.4) is 0 Å². The number of anilines is 1. The van der Waals surface area contributed by atoms with Gasteiger partial charge in [-0.1, -0.05) is 29.8 Å². The number of carbonyl (C=O) groups is 2. The van der Waals surface area contributed by atoms with Gasteiger partial charge in [0, 0.05) is 41.3 Å². The molecule has 0 N–H and O–H groups in total. The number of hydrogen-bond donors (Lipinski definition) is 0. The summed E-state index contributed by atoms with van der Waals surface area (Å²) in [5.74, 6) is -3.35. The van der Waals surface area contributed by atoms with Crippen molar-refractivity contribution < 1.29 is 32.6 Å². The van der Waals surface area contributed by atoms with Crippen molar-refractivity contribution in [3.8, 4) is 17.2 Å². The maximum Gasteiger partial charge on any atom is 0.261 e. The molecule has 0 saturated carbocycles. The Hall–Kier alpha value is -3.85. The van der Waals surface area contributed by atoms with Crippen LogP contribution in [0, 0.1) is 11.6 Å². The Kier molecular flexibility index (Phi) is 7.11. The molecule has 5 rings (SSSR count). The fraction of sp³-hybridized carbons (Fsp3) is 0.310. The number of methoxy groups -OCH3 is 3. The van der Waals surface area contributed by atoms with Gasteiger partial charge in [-0.2, -0.15) is 4.39 Å². The number of piperidine rings is 1. The maximum atomic E-state index is 15.2. The van der Waals surface area contributed by atoms with Crippen molar-refractivity contribution >= 4 is 29.1 Å². The van der Waals surface area contributed by atoms with Gasteiger partial charge in [0.25, 0.3) is 11.8 Å². The van der Waals surface area contributed by atoms with E-state index >= 15 is 4.39 Å². The van der Waals surface area contributed by atoms with Crippen molar-refractivity contribution in [3.05, 3.63) is 81.9 Å². The van der Waals surface area contributed by atoms with Crippen molar-refractivity contribution in [1.29, 1.82) is 0 Å². The average molecular weight is 557 g/mol. The first-order chi connectivity index (χ1) is 18.7. The number of amides is 2. The zero-order valence-corrected chi connectivity index (χ0v) is 22.5. The summed E-state index contributed by atoms with van der Waals surface area (Å²) in [6, 6.07) is 13.5. The highest BCUT2D eigenvalue weighted by molar-refractivity contribution is 6.31. The summed E-state index contributed by atoms with van der Waals surface area (Å²) in [5.41, 5.74) is 1.27. The first kappa shape index (κ1) is 26.7. The van der Waals surface area contributed by atoms with Crippen LogP contribution in [0.15, 0.2) is 48.5 Å². The SMILES string of the molecule is COc1cc(Cl)cc(C(=O)N2CCC3(CC2)CN(C(=O)c2cc(OC)c(F)c(OC)c2F)c2ccccc23)c1. The normalized spacial score (nSPS) is 15.7. The largest absolute Gasteiger partial charge is 0.497 e. The Labute approximate surface area is 229 Å². The monoisotopic (exact) mass is 556 g/mol. The predicted octanol–water partition coefficient (Wildman–Crippen LogP) is 5.48. The van der Waals surface area contributed by atoms with E-state index in [4.69, 9.17) is 25.8 Å². The highest BCUT2D eigenvalue weighted by Gasteiger charge is 2.47. The van der Waals surface area contributed by atoms with Gasteiger partial charge >= 0.3 is 0 Å². The fourth-order valence-corrected chi connectivity index (χ4v) is 5.81. The minimum Gasteiger partial charge on any atom is -0.497 e. The van der Waals surface area contributed by atoms with E-state index in [1.807, 2.05) is 24.3 Å². The highest BCUT2D eigenvalue weighted by atomic mass is 35.5. The standard InChI is InChI=1S/C29H27ClF2N2O5/c1-37-19-13-17(12-18(30)14-19)27(35)33-10-8-29(9-11-33)16-34(22-7-5-4-6-21(22)29)28(36)20-15-23(38-2)25(32)26(39-3)24(20)31/h4-7,12-15H,8-11,16H2,1-3H3. The molecule has 0 bridgehead atoms. The number of fused-ring (bicyclic) bond motifs is 2. The second kappa shape index (κ2) is 10.4. The van der Waals surface area contributed by atoms with Crippen molar-refractivity contribution in [2.75, 3.05) is 45.9 Å². The van der Waals surface area contributed by atoms with Gasteiger partial charge in [0.1, 0.15) is 5.75 Å². The molecule has 1 fully saturated rings. The first-order valence-electron chi connectivity index (χ1n) is 12.4. The van der Waals surface area contributed by atoms with Crippen LogP contribution in [-0.2, 0) is 5.41 Å². The zero-order chi connectivity index (χ0) is 27.9. The Morgan fingerprint density at radius 1 is 0.897 bits per heavy atom. The van der Waals surface area contributed by atoms with Crippen LogP contribution in [0.4, 0.5) is 14.5 Å². The molecule has 2 aliphatic heterocycles. The lowest BCUT2D eigenvalue weighted by atomic mass is 9.74. The molecular weight excluding hydrogens is 530 g/mol. The number of likely N-dealkylation sites (tertiary alicyclic amines) is 1. The number of para-hydroxylation sites is 1. The molecule has 7 nitrogen and oxygen atoms in total. The Bertz CT molecular complexity index is 1460. The van der Waals surface area contributed by atoms with Crippen LogP contribution in [0.1, 0.15) is 39.1 Å². The lowest BCUT2D eigenvalue weighted by molar-refractivity contribution is 0.0670. The number of benzene rings is 3. The number of rotatable bonds is 5. The number of nitrogens with zero attached hydrogens (tertiary/aromatic N) is 2. The van der Waals surface area contributed by atoms with Crippen molar-refractivity contribution in [2.45, 2.75) is 18.3 Å². The number of hydrogen-bond acceptors (Lipinski definition) is 5. The van der Waals surface area contributed by atoms with E-state index in [1.54, 1.807) is 23.1 Å². The summed E-state index contributed by atoms with van der Waals surface area (Å²) in [6.07, 6.45) is 1.19. The molecule has 0 radical (unpaired) electrons. The number of halogens is 3. The van der Waals surface area contributed by atoms with Gasteiger partial charge in [-0.3, -0.25) is 9.59 Å². The first-order valence-corrected chi connectivity index (χ1v) is 12.8. The van der Waals surface area contributed by atoms with Crippen LogP contribution in [-0.4, -0.2) is 57.7 Å². The Morgan fingerprint density at radius 3 is 2.28 bits per heavy atom. The van der Waals surface area contributed by atoms with Crippen molar-refractivity contribution in [2.24, 2.45) is 0 Å². The summed E-state index contributed by atoms with van der Waals surface area (Å²) in [5, 5.41) is 0.409. The van der Waals surface area contributed by atoms with Gasteiger partial charge in [-0.15, -0.1) is 0 Å². The maximum absolute atomic E-state index is 15.2. The molecule has 1 spiro atoms. The quantitative estimate of drug-likeness (QED) is 0.416. The van der Waals surface area contributed by atoms with Gasteiger partial charge in [0.05, 0.1) is 26.9 Å². The highest BCUT2D eigenvalue weighted by Crippen LogP contribution is 2.48. The second-order valence-corrected chi connectivity index (χ2v) is 10.1. The lowest BCUT2D eigenvalue weighted by Crippen LogP contribution is -2.48. The van der Waals surface area contributed by atoms with Gasteiger partial charge in [-0.05, 0) is 48.7 Å². The molecule has 3 aromatic rings. The zero-order valence-electron chi connectivity index (χ0n) is 21.7. The molecule has 204 valence electrons. The van der Waals surface area contributed by atoms with Crippen LogP contribution in [0.5, 0.6) is 17.2 Å². The lowest BCUT2D eigenvalue weighted by Gasteiger charge is -2.40. The summed E-state index contributed by atoms with van der Waals surface area (Å²) in [6.45, 7) is 1.20. The van der Waals surface area contributed by atoms with E-state index in [0.717, 1.165) is 18.7 Å². The molecule has 2 heterocycles. The van der Waals surface area contributed by atoms with Gasteiger partial charge < -0.3 is 24.0 Å². The molecule has 0 aliphatic carbocycles. The third-order valence-electron chi connectivity index (χ3n) is 7.62. The van der Waals surface area contributed by atoms with E-state index < -0.39 is 28.7 Å². The van der Waals surface area contributed by atoms with Crippen molar-refractivity contribution in [3.63, 3.8) is 0 Å². The van der Waals surface area contributed by atoms with E-state index in [2.05, 4.69) is 0 Å². The summed E-state index contributed by atoms with van der Waals surface area (Å²) in [7, 11) is 3.88. The molecule has 0 atom stereocenters. The molecule has 1 saturated heterocycles. The third-order valence-corrected chi connectivity index (χ3v) is 7.83. The van der Waals surface area contributed by atoms with Crippen LogP contribution >= 0.6 is 11.6 Å². The number of ether oxygens (including phenoxy) is 3. The minimum atomic E-state index is -1.09. The van der Waals surface area contributed by atoms with Crippen LogP contribution in [0.2, 0.25) is 5.02 Å². The fourth-order valence-electron chi connectivity index (χ4n) is 5.58. The summed E-state index contributed by atoms with van der Waals surface area (Å²) < 4.78 is 44.9. The van der Waals surface area contributed by atoms with Gasteiger partial charge in [-0.25, -0.2) is 4.39 Å². The van der Waals surface area contributed by atoms with Gasteiger partial charge in [0.2, 0.25) is 5.82 Å². The molecule has 0 unspecified atom stereocenters. The van der Waals surface area contributed by atoms with E-state index in [9.17, 15) is 14.0 Å². The van der Waals surface area contributed by atoms with E-state index in [0.29, 0.717) is 54.5 Å². The Balaban J connectivity index is 1.42. The molecule has 2 amide bonds. The average Bonchev–Trinajstić information content (AvgIpc) is 3.26. The minimum absolute atomic E-state index is 0.155. The molecule has 0 aromatic heterocycles. The smallest absolute Gasteiger partial charge is 0.261 e. The third kappa shape index (κ3) is 4.54. The van der Waals surface area contributed by atoms with Gasteiger partial charge in [0.15, 0.2) is 17.3 Å². The topological polar surface area (TPSA) is 68.3 Å². The molecule has 10 heteroatoms. The predicted molar refractivity (Wildman–Crippen MR) is 142 cm³/mol. The molecule has 3 aromatic carbocycles. The van der Waals surface area contributed by atoms with E-state index in [-0.39, 0.29) is 17.2 Å². The van der Waals surface area contributed by atoms with Crippen molar-refractivity contribution in [1.82, 2.24) is 4.90 Å². The van der Waals surface area contributed by atoms with Crippen LogP contribution in [0.25, 0.3) is 0 Å². The summed E-state index contributed by atoms with van der Waals surface area (Å²) >= 11 is 6.17. The molecule has 2 aliphatic rings. The number of carbonyl (C=O) groups excluding carboxylic acids is 2. The molecule has 39 heavy (non-hydrogen) atoms. The van der Waals surface area contributed by atoms with Crippen LogP contribution < -0.4 is 19.1 Å². The summed E-state index contributed by atoms with van der Waals surface area (Å²) in [4.78, 5) is 30.3.